The molecule has 3 aromatic rings. The molecule has 0 aliphatic heterocycles. The highest BCUT2D eigenvalue weighted by atomic mass is 16.4. The predicted octanol–water partition coefficient (Wildman–Crippen LogP) is 3.91. The molecule has 0 fully saturated rings. The van der Waals surface area contributed by atoms with E-state index >= 15 is 0 Å². The van der Waals surface area contributed by atoms with Gasteiger partial charge in [0.1, 0.15) is 0 Å². The number of pyridine rings is 1. The van der Waals surface area contributed by atoms with E-state index in [1.165, 1.54) is 0 Å². The molecule has 0 amide bonds. The molecule has 0 bridgehead atoms. The number of nitrogens with one attached hydrogen (secondary N) is 1. The Bertz CT molecular complexity index is 826. The van der Waals surface area contributed by atoms with E-state index in [0.29, 0.717) is 0 Å². The van der Waals surface area contributed by atoms with Gasteiger partial charge in [-0.1, -0.05) is 30.3 Å². The Morgan fingerprint density at radius 3 is 2.59 bits per heavy atom. The smallest absolute Gasteiger partial charge is 0.307 e. The minimum absolute atomic E-state index is 0.0393. The number of anilines is 2. The van der Waals surface area contributed by atoms with Crippen molar-refractivity contribution in [1.82, 2.24) is 4.98 Å². The average molecular weight is 292 g/mol. The molecule has 2 aromatic carbocycles. The minimum atomic E-state index is -0.823. The Hall–Kier alpha value is -2.88. The second-order valence-corrected chi connectivity index (χ2v) is 5.22. The lowest BCUT2D eigenvalue weighted by Crippen LogP contribution is -2.00. The van der Waals surface area contributed by atoms with Crippen molar-refractivity contribution in [2.24, 2.45) is 0 Å². The topological polar surface area (TPSA) is 62.2 Å². The zero-order valence-electron chi connectivity index (χ0n) is 12.2. The van der Waals surface area contributed by atoms with Crippen molar-refractivity contribution in [2.45, 2.75) is 13.3 Å². The molecule has 0 saturated heterocycles. The first-order valence-corrected chi connectivity index (χ1v) is 7.06. The van der Waals surface area contributed by atoms with E-state index < -0.39 is 5.97 Å². The van der Waals surface area contributed by atoms with Gasteiger partial charge in [-0.3, -0.25) is 9.78 Å². The van der Waals surface area contributed by atoms with Gasteiger partial charge in [0, 0.05) is 22.5 Å². The zero-order valence-corrected chi connectivity index (χ0v) is 12.2. The number of fused-ring (bicyclic) bond motifs is 1. The highest BCUT2D eigenvalue weighted by molar-refractivity contribution is 5.93. The summed E-state index contributed by atoms with van der Waals surface area (Å²) in [5, 5.41) is 13.2. The van der Waals surface area contributed by atoms with Crippen molar-refractivity contribution in [1.29, 1.82) is 0 Å². The van der Waals surface area contributed by atoms with Crippen molar-refractivity contribution in [3.63, 3.8) is 0 Å². The lowest BCUT2D eigenvalue weighted by atomic mass is 10.1. The van der Waals surface area contributed by atoms with Crippen molar-refractivity contribution < 1.29 is 9.90 Å². The quantitative estimate of drug-likeness (QED) is 0.765. The van der Waals surface area contributed by atoms with Gasteiger partial charge in [-0.2, -0.15) is 0 Å². The molecule has 3 rings (SSSR count). The lowest BCUT2D eigenvalue weighted by molar-refractivity contribution is -0.136. The Morgan fingerprint density at radius 1 is 1.14 bits per heavy atom. The van der Waals surface area contributed by atoms with Crippen LogP contribution in [-0.4, -0.2) is 16.1 Å². The van der Waals surface area contributed by atoms with E-state index in [9.17, 15) is 4.79 Å². The lowest BCUT2D eigenvalue weighted by Gasteiger charge is -2.11. The van der Waals surface area contributed by atoms with Crippen LogP contribution in [0.2, 0.25) is 0 Å². The fraction of sp³-hybridized carbons (Fsp3) is 0.111. The number of aromatic nitrogens is 1. The normalized spacial score (nSPS) is 10.6. The van der Waals surface area contributed by atoms with Gasteiger partial charge in [0.15, 0.2) is 0 Å². The molecule has 0 spiro atoms. The van der Waals surface area contributed by atoms with Crippen LogP contribution < -0.4 is 5.32 Å². The summed E-state index contributed by atoms with van der Waals surface area (Å²) in [5.41, 5.74) is 4.60. The maximum absolute atomic E-state index is 10.7. The molecule has 0 unspecified atom stereocenters. The molecule has 0 aliphatic carbocycles. The Kier molecular flexibility index (Phi) is 3.74. The third-order valence-corrected chi connectivity index (χ3v) is 3.43. The third-order valence-electron chi connectivity index (χ3n) is 3.43. The molecule has 4 heteroatoms. The van der Waals surface area contributed by atoms with E-state index in [1.54, 1.807) is 0 Å². The largest absolute Gasteiger partial charge is 0.481 e. The van der Waals surface area contributed by atoms with E-state index in [0.717, 1.165) is 33.5 Å². The van der Waals surface area contributed by atoms with E-state index in [4.69, 9.17) is 5.11 Å². The van der Waals surface area contributed by atoms with Crippen LogP contribution in [0.4, 0.5) is 11.4 Å². The molecule has 4 nitrogen and oxygen atoms in total. The van der Waals surface area contributed by atoms with Gasteiger partial charge < -0.3 is 10.4 Å². The van der Waals surface area contributed by atoms with Crippen LogP contribution in [-0.2, 0) is 11.2 Å². The molecule has 1 aromatic heterocycles. The second kappa shape index (κ2) is 5.85. The SMILES string of the molecule is Cc1cc(Nc2ccc(CC(=O)O)cc2)c2ccccc2n1. The molecular formula is C18H16N2O2. The van der Waals surface area contributed by atoms with Crippen LogP contribution in [0.25, 0.3) is 10.9 Å². The van der Waals surface area contributed by atoms with Gasteiger partial charge in [0.05, 0.1) is 11.9 Å². The number of rotatable bonds is 4. The van der Waals surface area contributed by atoms with Crippen LogP contribution in [0.5, 0.6) is 0 Å². The van der Waals surface area contributed by atoms with Crippen LogP contribution in [0, 0.1) is 6.92 Å². The van der Waals surface area contributed by atoms with Gasteiger partial charge in [0.2, 0.25) is 0 Å². The fourth-order valence-corrected chi connectivity index (χ4v) is 2.45. The summed E-state index contributed by atoms with van der Waals surface area (Å²) in [6.45, 7) is 1.97. The first kappa shape index (κ1) is 14.1. The Balaban J connectivity index is 1.91. The van der Waals surface area contributed by atoms with Gasteiger partial charge in [-0.05, 0) is 36.8 Å². The van der Waals surface area contributed by atoms with Crippen LogP contribution >= 0.6 is 0 Å². The van der Waals surface area contributed by atoms with E-state index in [2.05, 4.69) is 10.3 Å². The summed E-state index contributed by atoms with van der Waals surface area (Å²) in [7, 11) is 0. The maximum Gasteiger partial charge on any atom is 0.307 e. The highest BCUT2D eigenvalue weighted by Crippen LogP contribution is 2.26. The standard InChI is InChI=1S/C18H16N2O2/c1-12-10-17(15-4-2-3-5-16(15)19-12)20-14-8-6-13(7-9-14)11-18(21)22/h2-10H,11H2,1H3,(H,19,20)(H,21,22). The number of hydrogen-bond donors (Lipinski definition) is 2. The van der Waals surface area contributed by atoms with E-state index in [-0.39, 0.29) is 6.42 Å². The number of carboxylic acid groups (broad SMARTS) is 1. The molecule has 2 N–H and O–H groups in total. The van der Waals surface area contributed by atoms with Crippen LogP contribution in [0.15, 0.2) is 54.6 Å². The Labute approximate surface area is 128 Å². The number of nitrogens with zero attached hydrogens (tertiary/aromatic N) is 1. The maximum atomic E-state index is 10.7. The molecular weight excluding hydrogens is 276 g/mol. The van der Waals surface area contributed by atoms with Gasteiger partial charge in [-0.25, -0.2) is 0 Å². The summed E-state index contributed by atoms with van der Waals surface area (Å²) in [6, 6.07) is 17.4. The van der Waals surface area contributed by atoms with Crippen molar-refractivity contribution in [3.8, 4) is 0 Å². The number of carbonyl (C=O) groups is 1. The number of para-hydroxylation sites is 1. The summed E-state index contributed by atoms with van der Waals surface area (Å²) in [6.07, 6.45) is 0.0393. The van der Waals surface area contributed by atoms with Crippen molar-refractivity contribution >= 4 is 28.2 Å². The number of benzene rings is 2. The van der Waals surface area contributed by atoms with Crippen molar-refractivity contribution in [3.05, 3.63) is 65.9 Å². The molecule has 0 saturated carbocycles. The molecule has 0 atom stereocenters. The number of hydrogen-bond acceptors (Lipinski definition) is 3. The summed E-state index contributed by atoms with van der Waals surface area (Å²) < 4.78 is 0. The number of aryl methyl sites for hydroxylation is 1. The molecule has 0 radical (unpaired) electrons. The molecule has 22 heavy (non-hydrogen) atoms. The first-order chi connectivity index (χ1) is 10.6. The van der Waals surface area contributed by atoms with E-state index in [1.807, 2.05) is 61.5 Å². The minimum Gasteiger partial charge on any atom is -0.481 e. The zero-order chi connectivity index (χ0) is 15.5. The number of aliphatic carboxylic acids is 1. The van der Waals surface area contributed by atoms with Crippen LogP contribution in [0.1, 0.15) is 11.3 Å². The average Bonchev–Trinajstić information content (AvgIpc) is 2.48. The molecule has 1 heterocycles. The summed E-state index contributed by atoms with van der Waals surface area (Å²) in [4.78, 5) is 15.2. The van der Waals surface area contributed by atoms with Crippen molar-refractivity contribution in [2.75, 3.05) is 5.32 Å². The summed E-state index contributed by atoms with van der Waals surface area (Å²) in [5.74, 6) is -0.823. The highest BCUT2D eigenvalue weighted by Gasteiger charge is 2.05. The monoisotopic (exact) mass is 292 g/mol. The first-order valence-electron chi connectivity index (χ1n) is 7.06. The number of carboxylic acids is 1. The fourth-order valence-electron chi connectivity index (χ4n) is 2.45. The van der Waals surface area contributed by atoms with Gasteiger partial charge in [0.25, 0.3) is 0 Å². The van der Waals surface area contributed by atoms with Gasteiger partial charge >= 0.3 is 5.97 Å². The summed E-state index contributed by atoms with van der Waals surface area (Å²) >= 11 is 0. The predicted molar refractivity (Wildman–Crippen MR) is 87.5 cm³/mol. The van der Waals surface area contributed by atoms with Crippen LogP contribution in [0.3, 0.4) is 0 Å². The molecule has 0 aliphatic rings. The molecule has 110 valence electrons. The second-order valence-electron chi connectivity index (χ2n) is 5.22. The third kappa shape index (κ3) is 3.06. The van der Waals surface area contributed by atoms with Gasteiger partial charge in [-0.15, -0.1) is 0 Å². The Morgan fingerprint density at radius 2 is 1.86 bits per heavy atom.